The third kappa shape index (κ3) is 2.17. The number of nitrogen functional groups attached to an aromatic ring is 1. The van der Waals surface area contributed by atoms with Crippen LogP contribution in [0.4, 0.5) is 5.69 Å². The fourth-order valence-corrected chi connectivity index (χ4v) is 2.94. The van der Waals surface area contributed by atoms with Crippen molar-refractivity contribution in [1.82, 2.24) is 9.55 Å². The topological polar surface area (TPSA) is 43.8 Å². The van der Waals surface area contributed by atoms with E-state index in [0.29, 0.717) is 16.8 Å². The van der Waals surface area contributed by atoms with Gasteiger partial charge in [0.25, 0.3) is 0 Å². The van der Waals surface area contributed by atoms with Crippen molar-refractivity contribution < 1.29 is 0 Å². The third-order valence-electron chi connectivity index (χ3n) is 3.82. The van der Waals surface area contributed by atoms with E-state index in [9.17, 15) is 0 Å². The van der Waals surface area contributed by atoms with Gasteiger partial charge in [0.05, 0.1) is 21.7 Å². The number of hydrogen-bond acceptors (Lipinski definition) is 2. The molecule has 3 nitrogen and oxygen atoms in total. The molecule has 2 aromatic carbocycles. The summed E-state index contributed by atoms with van der Waals surface area (Å²) >= 11 is 12.2. The van der Waals surface area contributed by atoms with Crippen molar-refractivity contribution in [1.29, 1.82) is 0 Å². The van der Waals surface area contributed by atoms with Crippen LogP contribution in [0.1, 0.15) is 18.9 Å². The normalized spacial score (nSPS) is 14.8. The first-order valence-corrected chi connectivity index (χ1v) is 7.62. The molecule has 1 aliphatic carbocycles. The lowest BCUT2D eigenvalue weighted by molar-refractivity contribution is 0.775. The SMILES string of the molecule is Nc1cc(-c2nc3ccc(Cl)cc3n2C2CC2)ccc1Cl. The molecule has 0 radical (unpaired) electrons. The second-order valence-electron chi connectivity index (χ2n) is 5.41. The average Bonchev–Trinajstić information content (AvgIpc) is 3.23. The van der Waals surface area contributed by atoms with Gasteiger partial charge in [0, 0.05) is 16.6 Å². The van der Waals surface area contributed by atoms with Crippen molar-refractivity contribution in [3.8, 4) is 11.4 Å². The predicted octanol–water partition coefficient (Wildman–Crippen LogP) is 4.93. The van der Waals surface area contributed by atoms with Crippen LogP contribution in [0.5, 0.6) is 0 Å². The molecular weight excluding hydrogens is 305 g/mol. The third-order valence-corrected chi connectivity index (χ3v) is 4.40. The highest BCUT2D eigenvalue weighted by Gasteiger charge is 2.28. The first kappa shape index (κ1) is 13.0. The minimum absolute atomic E-state index is 0.500. The number of nitrogens with zero attached hydrogens (tertiary/aromatic N) is 2. The number of rotatable bonds is 2. The number of nitrogens with two attached hydrogens (primary N) is 1. The lowest BCUT2D eigenvalue weighted by Crippen LogP contribution is -1.98. The highest BCUT2D eigenvalue weighted by atomic mass is 35.5. The Labute approximate surface area is 132 Å². The van der Waals surface area contributed by atoms with Crippen molar-refractivity contribution in [3.63, 3.8) is 0 Å². The maximum Gasteiger partial charge on any atom is 0.141 e. The molecule has 0 amide bonds. The van der Waals surface area contributed by atoms with Gasteiger partial charge in [-0.15, -0.1) is 0 Å². The number of aromatic nitrogens is 2. The quantitative estimate of drug-likeness (QED) is 0.681. The van der Waals surface area contributed by atoms with Crippen LogP contribution in [-0.2, 0) is 0 Å². The summed E-state index contributed by atoms with van der Waals surface area (Å²) in [7, 11) is 0. The highest BCUT2D eigenvalue weighted by Crippen LogP contribution is 2.42. The van der Waals surface area contributed by atoms with Crippen molar-refractivity contribution in [2.24, 2.45) is 0 Å². The summed E-state index contributed by atoms with van der Waals surface area (Å²) in [6.07, 6.45) is 2.35. The van der Waals surface area contributed by atoms with Gasteiger partial charge < -0.3 is 10.3 Å². The summed E-state index contributed by atoms with van der Waals surface area (Å²) in [6, 6.07) is 12.0. The molecule has 0 atom stereocenters. The zero-order chi connectivity index (χ0) is 14.6. The molecule has 0 saturated heterocycles. The van der Waals surface area contributed by atoms with Gasteiger partial charge >= 0.3 is 0 Å². The van der Waals surface area contributed by atoms with E-state index in [1.54, 1.807) is 0 Å². The van der Waals surface area contributed by atoms with E-state index >= 15 is 0 Å². The summed E-state index contributed by atoms with van der Waals surface area (Å²) in [5.41, 5.74) is 9.51. The Morgan fingerprint density at radius 1 is 1.10 bits per heavy atom. The van der Waals surface area contributed by atoms with Crippen molar-refractivity contribution in [2.45, 2.75) is 18.9 Å². The molecule has 5 heteroatoms. The van der Waals surface area contributed by atoms with Crippen LogP contribution >= 0.6 is 23.2 Å². The van der Waals surface area contributed by atoms with Crippen LogP contribution in [-0.4, -0.2) is 9.55 Å². The molecule has 106 valence electrons. The maximum atomic E-state index is 6.14. The molecule has 2 N–H and O–H groups in total. The van der Waals surface area contributed by atoms with E-state index in [4.69, 9.17) is 33.9 Å². The molecule has 0 aliphatic heterocycles. The number of fused-ring (bicyclic) bond motifs is 1. The number of hydrogen-bond donors (Lipinski definition) is 1. The Balaban J connectivity index is 1.99. The number of halogens is 2. The molecule has 1 saturated carbocycles. The zero-order valence-electron chi connectivity index (χ0n) is 11.2. The molecule has 1 heterocycles. The minimum atomic E-state index is 0.500. The fourth-order valence-electron chi connectivity index (χ4n) is 2.65. The summed E-state index contributed by atoms with van der Waals surface area (Å²) < 4.78 is 2.27. The Kier molecular flexibility index (Phi) is 2.88. The fraction of sp³-hybridized carbons (Fsp3) is 0.188. The van der Waals surface area contributed by atoms with E-state index in [-0.39, 0.29) is 0 Å². The predicted molar refractivity (Wildman–Crippen MR) is 87.9 cm³/mol. The largest absolute Gasteiger partial charge is 0.398 e. The van der Waals surface area contributed by atoms with E-state index < -0.39 is 0 Å². The molecule has 4 rings (SSSR count). The van der Waals surface area contributed by atoms with Gasteiger partial charge in [0.1, 0.15) is 5.82 Å². The van der Waals surface area contributed by atoms with Gasteiger partial charge in [0.2, 0.25) is 0 Å². The molecule has 1 aliphatic rings. The Morgan fingerprint density at radius 3 is 2.62 bits per heavy atom. The van der Waals surface area contributed by atoms with E-state index in [0.717, 1.165) is 27.4 Å². The summed E-state index contributed by atoms with van der Waals surface area (Å²) in [5, 5.41) is 1.29. The summed E-state index contributed by atoms with van der Waals surface area (Å²) in [5.74, 6) is 0.929. The molecule has 0 spiro atoms. The van der Waals surface area contributed by atoms with E-state index in [1.165, 1.54) is 12.8 Å². The Hall–Kier alpha value is -1.71. The Morgan fingerprint density at radius 2 is 1.90 bits per heavy atom. The summed E-state index contributed by atoms with van der Waals surface area (Å²) in [6.45, 7) is 0. The average molecular weight is 318 g/mol. The van der Waals surface area contributed by atoms with Crippen LogP contribution in [0.3, 0.4) is 0 Å². The molecule has 1 fully saturated rings. The molecule has 3 aromatic rings. The minimum Gasteiger partial charge on any atom is -0.398 e. The first-order chi connectivity index (χ1) is 10.1. The van der Waals surface area contributed by atoms with Crippen molar-refractivity contribution >= 4 is 39.9 Å². The number of benzene rings is 2. The number of anilines is 1. The van der Waals surface area contributed by atoms with Crippen LogP contribution in [0.2, 0.25) is 10.0 Å². The molecule has 0 bridgehead atoms. The lowest BCUT2D eigenvalue weighted by atomic mass is 10.2. The van der Waals surface area contributed by atoms with Gasteiger partial charge in [-0.1, -0.05) is 23.2 Å². The van der Waals surface area contributed by atoms with Crippen LogP contribution in [0.15, 0.2) is 36.4 Å². The molecule has 0 unspecified atom stereocenters. The Bertz CT molecular complexity index is 850. The van der Waals surface area contributed by atoms with Gasteiger partial charge in [-0.25, -0.2) is 4.98 Å². The molecule has 1 aromatic heterocycles. The van der Waals surface area contributed by atoms with Crippen LogP contribution in [0, 0.1) is 0 Å². The van der Waals surface area contributed by atoms with Gasteiger partial charge in [-0.05, 0) is 49.2 Å². The van der Waals surface area contributed by atoms with E-state index in [1.807, 2.05) is 36.4 Å². The maximum absolute atomic E-state index is 6.14. The van der Waals surface area contributed by atoms with Crippen LogP contribution in [0.25, 0.3) is 22.4 Å². The first-order valence-electron chi connectivity index (χ1n) is 6.86. The standard InChI is InChI=1S/C16H13Cl2N3/c17-10-2-6-14-15(8-10)21(11-3-4-11)16(20-14)9-1-5-12(18)13(19)7-9/h1-2,5-8,11H,3-4,19H2. The zero-order valence-corrected chi connectivity index (χ0v) is 12.7. The number of imidazole rings is 1. The molecular formula is C16H13Cl2N3. The van der Waals surface area contributed by atoms with E-state index in [2.05, 4.69) is 4.57 Å². The highest BCUT2D eigenvalue weighted by molar-refractivity contribution is 6.33. The molecule has 21 heavy (non-hydrogen) atoms. The lowest BCUT2D eigenvalue weighted by Gasteiger charge is -2.09. The second kappa shape index (κ2) is 4.65. The van der Waals surface area contributed by atoms with Crippen LogP contribution < -0.4 is 5.73 Å². The van der Waals surface area contributed by atoms with Gasteiger partial charge in [0.15, 0.2) is 0 Å². The second-order valence-corrected chi connectivity index (χ2v) is 6.25. The van der Waals surface area contributed by atoms with Crippen molar-refractivity contribution in [3.05, 3.63) is 46.4 Å². The van der Waals surface area contributed by atoms with Gasteiger partial charge in [-0.2, -0.15) is 0 Å². The van der Waals surface area contributed by atoms with Gasteiger partial charge in [-0.3, -0.25) is 0 Å². The monoisotopic (exact) mass is 317 g/mol. The van der Waals surface area contributed by atoms with Crippen molar-refractivity contribution in [2.75, 3.05) is 5.73 Å². The smallest absolute Gasteiger partial charge is 0.141 e. The summed E-state index contributed by atoms with van der Waals surface area (Å²) in [4.78, 5) is 4.76.